The fourth-order valence-electron chi connectivity index (χ4n) is 2.27. The number of hydrogen-bond acceptors (Lipinski definition) is 3. The van der Waals surface area contributed by atoms with Crippen molar-refractivity contribution >= 4 is 28.1 Å². The van der Waals surface area contributed by atoms with Crippen molar-refractivity contribution in [2.75, 3.05) is 11.2 Å². The molecule has 15 heavy (non-hydrogen) atoms. The molecule has 1 aromatic heterocycles. The van der Waals surface area contributed by atoms with Crippen LogP contribution in [0.2, 0.25) is 0 Å². The zero-order valence-electron chi connectivity index (χ0n) is 8.79. The number of rotatable bonds is 4. The molecule has 1 unspecified atom stereocenters. The van der Waals surface area contributed by atoms with E-state index in [1.54, 1.807) is 11.3 Å². The van der Waals surface area contributed by atoms with Crippen LogP contribution in [-0.4, -0.2) is 16.9 Å². The molecule has 84 valence electrons. The van der Waals surface area contributed by atoms with E-state index in [9.17, 15) is 0 Å². The standard InChI is InChI=1S/C11H17ClN2S/c12-8-10(9-4-2-1-3-5-9)14-11-13-6-7-15-11/h6-7,9-10H,1-5,8H2,(H,13,14). The first-order valence-electron chi connectivity index (χ1n) is 5.62. The second kappa shape index (κ2) is 5.71. The summed E-state index contributed by atoms with van der Waals surface area (Å²) in [5.41, 5.74) is 0. The number of thiazole rings is 1. The molecule has 4 heteroatoms. The van der Waals surface area contributed by atoms with Crippen LogP contribution in [0.3, 0.4) is 0 Å². The van der Waals surface area contributed by atoms with Gasteiger partial charge in [0, 0.05) is 23.5 Å². The third-order valence-corrected chi connectivity index (χ3v) is 4.16. The van der Waals surface area contributed by atoms with Gasteiger partial charge in [0.25, 0.3) is 0 Å². The zero-order chi connectivity index (χ0) is 10.5. The lowest BCUT2D eigenvalue weighted by Gasteiger charge is -2.29. The zero-order valence-corrected chi connectivity index (χ0v) is 10.4. The maximum atomic E-state index is 6.03. The van der Waals surface area contributed by atoms with Gasteiger partial charge >= 0.3 is 0 Å². The van der Waals surface area contributed by atoms with E-state index < -0.39 is 0 Å². The van der Waals surface area contributed by atoms with E-state index in [1.807, 2.05) is 11.6 Å². The van der Waals surface area contributed by atoms with Crippen LogP contribution in [0.4, 0.5) is 5.13 Å². The minimum atomic E-state index is 0.401. The van der Waals surface area contributed by atoms with Crippen LogP contribution in [-0.2, 0) is 0 Å². The molecule has 1 aromatic rings. The molecule has 0 saturated heterocycles. The Labute approximate surface area is 100 Å². The summed E-state index contributed by atoms with van der Waals surface area (Å²) in [6.45, 7) is 0. The second-order valence-electron chi connectivity index (χ2n) is 4.14. The molecule has 0 aliphatic heterocycles. The van der Waals surface area contributed by atoms with Crippen molar-refractivity contribution in [2.45, 2.75) is 38.1 Å². The first kappa shape index (κ1) is 11.2. The normalized spacial score (nSPS) is 20.1. The van der Waals surface area contributed by atoms with Gasteiger partial charge in [-0.05, 0) is 18.8 Å². The average molecular weight is 245 g/mol. The van der Waals surface area contributed by atoms with Crippen LogP contribution in [0.25, 0.3) is 0 Å². The molecule has 0 radical (unpaired) electrons. The molecule has 0 amide bonds. The molecule has 0 bridgehead atoms. The minimum Gasteiger partial charge on any atom is -0.357 e. The summed E-state index contributed by atoms with van der Waals surface area (Å²) in [6, 6.07) is 0.401. The number of halogens is 1. The summed E-state index contributed by atoms with van der Waals surface area (Å²) in [4.78, 5) is 4.25. The minimum absolute atomic E-state index is 0.401. The van der Waals surface area contributed by atoms with Gasteiger partial charge in [0.2, 0.25) is 0 Å². The third-order valence-electron chi connectivity index (χ3n) is 3.13. The van der Waals surface area contributed by atoms with Crippen LogP contribution in [0.1, 0.15) is 32.1 Å². The average Bonchev–Trinajstić information content (AvgIpc) is 2.80. The van der Waals surface area contributed by atoms with Crippen molar-refractivity contribution in [3.8, 4) is 0 Å². The molecule has 2 nitrogen and oxygen atoms in total. The number of hydrogen-bond donors (Lipinski definition) is 1. The number of nitrogens with zero attached hydrogens (tertiary/aromatic N) is 1. The van der Waals surface area contributed by atoms with E-state index in [1.165, 1.54) is 32.1 Å². The quantitative estimate of drug-likeness (QED) is 0.817. The smallest absolute Gasteiger partial charge is 0.182 e. The van der Waals surface area contributed by atoms with Gasteiger partial charge in [0.05, 0.1) is 0 Å². The topological polar surface area (TPSA) is 24.9 Å². The highest BCUT2D eigenvalue weighted by atomic mass is 35.5. The van der Waals surface area contributed by atoms with Crippen molar-refractivity contribution < 1.29 is 0 Å². The first-order valence-corrected chi connectivity index (χ1v) is 7.03. The van der Waals surface area contributed by atoms with Gasteiger partial charge in [0.1, 0.15) is 0 Å². The Balaban J connectivity index is 1.91. The van der Waals surface area contributed by atoms with Crippen molar-refractivity contribution in [1.29, 1.82) is 0 Å². The molecule has 0 aromatic carbocycles. The first-order chi connectivity index (χ1) is 7.40. The van der Waals surface area contributed by atoms with Crippen LogP contribution in [0.15, 0.2) is 11.6 Å². The van der Waals surface area contributed by atoms with Crippen LogP contribution < -0.4 is 5.32 Å². The fraction of sp³-hybridized carbons (Fsp3) is 0.727. The molecule has 1 aliphatic carbocycles. The van der Waals surface area contributed by atoms with Gasteiger partial charge in [0.15, 0.2) is 5.13 Å². The van der Waals surface area contributed by atoms with Gasteiger partial charge in [-0.1, -0.05) is 19.3 Å². The maximum Gasteiger partial charge on any atom is 0.182 e. The van der Waals surface area contributed by atoms with Crippen LogP contribution in [0, 0.1) is 5.92 Å². The number of anilines is 1. The SMILES string of the molecule is ClCC(Nc1nccs1)C1CCCCC1. The van der Waals surface area contributed by atoms with Crippen molar-refractivity contribution in [3.05, 3.63) is 11.6 Å². The molecule has 1 N–H and O–H groups in total. The highest BCUT2D eigenvalue weighted by Gasteiger charge is 2.23. The summed E-state index contributed by atoms with van der Waals surface area (Å²) in [7, 11) is 0. The summed E-state index contributed by atoms with van der Waals surface area (Å²) < 4.78 is 0. The molecular weight excluding hydrogens is 228 g/mol. The highest BCUT2D eigenvalue weighted by molar-refractivity contribution is 7.13. The Morgan fingerprint density at radius 3 is 2.87 bits per heavy atom. The Hall–Kier alpha value is -0.280. The van der Waals surface area contributed by atoms with Crippen LogP contribution in [0.5, 0.6) is 0 Å². The number of nitrogens with one attached hydrogen (secondary N) is 1. The van der Waals surface area contributed by atoms with Gasteiger partial charge in [-0.15, -0.1) is 22.9 Å². The van der Waals surface area contributed by atoms with Crippen molar-refractivity contribution in [2.24, 2.45) is 5.92 Å². The molecule has 1 fully saturated rings. The lowest BCUT2D eigenvalue weighted by atomic mass is 9.84. The van der Waals surface area contributed by atoms with Crippen molar-refractivity contribution in [1.82, 2.24) is 4.98 Å². The summed E-state index contributed by atoms with van der Waals surface area (Å²) in [6.07, 6.45) is 8.57. The third kappa shape index (κ3) is 3.08. The van der Waals surface area contributed by atoms with E-state index in [0.29, 0.717) is 11.9 Å². The van der Waals surface area contributed by atoms with E-state index in [0.717, 1.165) is 11.0 Å². The molecule has 0 spiro atoms. The lowest BCUT2D eigenvalue weighted by Crippen LogP contribution is -2.32. The highest BCUT2D eigenvalue weighted by Crippen LogP contribution is 2.29. The Morgan fingerprint density at radius 2 is 2.27 bits per heavy atom. The monoisotopic (exact) mass is 244 g/mol. The lowest BCUT2D eigenvalue weighted by molar-refractivity contribution is 0.330. The molecule has 1 atom stereocenters. The molecule has 1 heterocycles. The van der Waals surface area contributed by atoms with E-state index in [2.05, 4.69) is 10.3 Å². The van der Waals surface area contributed by atoms with Gasteiger partial charge in [-0.2, -0.15) is 0 Å². The van der Waals surface area contributed by atoms with Gasteiger partial charge in [-0.3, -0.25) is 0 Å². The summed E-state index contributed by atoms with van der Waals surface area (Å²) >= 11 is 7.68. The maximum absolute atomic E-state index is 6.03. The Kier molecular flexibility index (Phi) is 4.27. The molecule has 2 rings (SSSR count). The van der Waals surface area contributed by atoms with Gasteiger partial charge < -0.3 is 5.32 Å². The summed E-state index contributed by atoms with van der Waals surface area (Å²) in [5, 5.41) is 6.45. The second-order valence-corrected chi connectivity index (χ2v) is 5.34. The van der Waals surface area contributed by atoms with Gasteiger partial charge in [-0.25, -0.2) is 4.98 Å². The molecule has 1 saturated carbocycles. The fourth-order valence-corrected chi connectivity index (χ4v) is 3.19. The predicted molar refractivity (Wildman–Crippen MR) is 66.8 cm³/mol. The van der Waals surface area contributed by atoms with E-state index in [-0.39, 0.29) is 0 Å². The van der Waals surface area contributed by atoms with E-state index >= 15 is 0 Å². The van der Waals surface area contributed by atoms with E-state index in [4.69, 9.17) is 11.6 Å². The largest absolute Gasteiger partial charge is 0.357 e. The van der Waals surface area contributed by atoms with Crippen LogP contribution >= 0.6 is 22.9 Å². The Morgan fingerprint density at radius 1 is 1.47 bits per heavy atom. The number of alkyl halides is 1. The number of aromatic nitrogens is 1. The van der Waals surface area contributed by atoms with Crippen molar-refractivity contribution in [3.63, 3.8) is 0 Å². The molecular formula is C11H17ClN2S. The predicted octanol–water partition coefficient (Wildman–Crippen LogP) is 3.74. The summed E-state index contributed by atoms with van der Waals surface area (Å²) in [5.74, 6) is 1.42. The molecule has 1 aliphatic rings. The Bertz CT molecular complexity index is 270.